The molecule has 1 unspecified atom stereocenters. The highest BCUT2D eigenvalue weighted by atomic mass is 79.9. The van der Waals surface area contributed by atoms with Gasteiger partial charge in [0, 0.05) is 33.5 Å². The highest BCUT2D eigenvalue weighted by molar-refractivity contribution is 9.10. The Morgan fingerprint density at radius 1 is 1.38 bits per heavy atom. The van der Waals surface area contributed by atoms with Crippen LogP contribution in [0.1, 0.15) is 22.9 Å². The summed E-state index contributed by atoms with van der Waals surface area (Å²) in [5, 5.41) is 6.31. The summed E-state index contributed by atoms with van der Waals surface area (Å²) in [4.78, 5) is 3.75. The molecule has 0 aliphatic carbocycles. The number of hydrogen-bond acceptors (Lipinski definition) is 3. The summed E-state index contributed by atoms with van der Waals surface area (Å²) in [5.41, 5.74) is 1.16. The van der Waals surface area contributed by atoms with Gasteiger partial charge in [0.15, 0.2) is 0 Å². The van der Waals surface area contributed by atoms with Crippen molar-refractivity contribution in [1.29, 1.82) is 0 Å². The van der Waals surface area contributed by atoms with Gasteiger partial charge in [-0.15, -0.1) is 11.3 Å². The van der Waals surface area contributed by atoms with Crippen LogP contribution in [-0.2, 0) is 6.54 Å². The smallest absolute Gasteiger partial charge is 0.0465 e. The van der Waals surface area contributed by atoms with Crippen LogP contribution in [0.2, 0.25) is 5.02 Å². The average molecular weight is 388 g/mol. The van der Waals surface area contributed by atoms with E-state index in [1.54, 1.807) is 0 Å². The molecule has 0 bridgehead atoms. The van der Waals surface area contributed by atoms with E-state index in [-0.39, 0.29) is 6.04 Å². The molecule has 0 saturated carbocycles. The van der Waals surface area contributed by atoms with Crippen LogP contribution in [0, 0.1) is 0 Å². The fraction of sp³-hybridized carbons (Fsp3) is 0.375. The minimum Gasteiger partial charge on any atom is -0.313 e. The molecule has 0 aliphatic heterocycles. The van der Waals surface area contributed by atoms with Crippen LogP contribution in [-0.4, -0.2) is 25.5 Å². The number of hydrogen-bond donors (Lipinski definition) is 1. The first-order valence-electron chi connectivity index (χ1n) is 6.93. The maximum absolute atomic E-state index is 6.35. The summed E-state index contributed by atoms with van der Waals surface area (Å²) < 4.78 is 1.01. The van der Waals surface area contributed by atoms with Gasteiger partial charge < -0.3 is 10.2 Å². The second kappa shape index (κ2) is 8.30. The summed E-state index contributed by atoms with van der Waals surface area (Å²) in [5.74, 6) is 0. The van der Waals surface area contributed by atoms with Crippen molar-refractivity contribution >= 4 is 38.9 Å². The largest absolute Gasteiger partial charge is 0.313 e. The van der Waals surface area contributed by atoms with Gasteiger partial charge >= 0.3 is 0 Å². The molecule has 1 aromatic carbocycles. The zero-order valence-corrected chi connectivity index (χ0v) is 15.4. The Morgan fingerprint density at radius 2 is 2.19 bits per heavy atom. The lowest BCUT2D eigenvalue weighted by Crippen LogP contribution is -2.25. The van der Waals surface area contributed by atoms with E-state index in [1.807, 2.05) is 30.5 Å². The van der Waals surface area contributed by atoms with Crippen LogP contribution >= 0.6 is 38.9 Å². The SMILES string of the molecule is CNC(CCN(C)Cc1cccs1)c1ccc(Br)cc1Cl. The molecule has 0 fully saturated rings. The minimum absolute atomic E-state index is 0.274. The van der Waals surface area contributed by atoms with Crippen LogP contribution in [0.3, 0.4) is 0 Å². The molecular formula is C16H20BrClN2S. The zero-order chi connectivity index (χ0) is 15.2. The van der Waals surface area contributed by atoms with Crippen molar-refractivity contribution in [1.82, 2.24) is 10.2 Å². The molecule has 2 rings (SSSR count). The Morgan fingerprint density at radius 3 is 2.81 bits per heavy atom. The summed E-state index contributed by atoms with van der Waals surface area (Å²) in [6.45, 7) is 2.03. The van der Waals surface area contributed by atoms with Crippen molar-refractivity contribution in [2.24, 2.45) is 0 Å². The molecule has 114 valence electrons. The summed E-state index contributed by atoms with van der Waals surface area (Å²) in [6, 6.07) is 10.6. The first-order chi connectivity index (χ1) is 10.1. The average Bonchev–Trinajstić information content (AvgIpc) is 2.94. The third-order valence-corrected chi connectivity index (χ3v) is 5.17. The zero-order valence-electron chi connectivity index (χ0n) is 12.3. The van der Waals surface area contributed by atoms with Crippen molar-refractivity contribution in [3.05, 3.63) is 55.6 Å². The number of thiophene rings is 1. The van der Waals surface area contributed by atoms with Crippen molar-refractivity contribution < 1.29 is 0 Å². The highest BCUT2D eigenvalue weighted by Crippen LogP contribution is 2.28. The molecule has 1 atom stereocenters. The Bertz CT molecular complexity index is 559. The van der Waals surface area contributed by atoms with Gasteiger partial charge in [-0.25, -0.2) is 0 Å². The Balaban J connectivity index is 1.93. The van der Waals surface area contributed by atoms with Gasteiger partial charge in [0.1, 0.15) is 0 Å². The third-order valence-electron chi connectivity index (χ3n) is 3.49. The Labute approximate surface area is 144 Å². The lowest BCUT2D eigenvalue weighted by Gasteiger charge is -2.22. The molecule has 1 aromatic heterocycles. The lowest BCUT2D eigenvalue weighted by molar-refractivity contribution is 0.306. The van der Waals surface area contributed by atoms with E-state index in [9.17, 15) is 0 Å². The fourth-order valence-corrected chi connectivity index (χ4v) is 3.93. The van der Waals surface area contributed by atoms with Gasteiger partial charge in [0.05, 0.1) is 0 Å². The molecule has 0 amide bonds. The van der Waals surface area contributed by atoms with Gasteiger partial charge in [-0.3, -0.25) is 0 Å². The summed E-state index contributed by atoms with van der Waals surface area (Å²) in [6.07, 6.45) is 1.03. The molecule has 2 aromatic rings. The van der Waals surface area contributed by atoms with Crippen LogP contribution in [0.15, 0.2) is 40.2 Å². The maximum atomic E-state index is 6.35. The van der Waals surface area contributed by atoms with E-state index >= 15 is 0 Å². The molecule has 2 nitrogen and oxygen atoms in total. The highest BCUT2D eigenvalue weighted by Gasteiger charge is 2.14. The van der Waals surface area contributed by atoms with E-state index in [2.05, 4.69) is 56.8 Å². The van der Waals surface area contributed by atoms with Crippen LogP contribution in [0.25, 0.3) is 0 Å². The van der Waals surface area contributed by atoms with E-state index in [0.717, 1.165) is 34.6 Å². The summed E-state index contributed by atoms with van der Waals surface area (Å²) in [7, 11) is 4.15. The van der Waals surface area contributed by atoms with Crippen LogP contribution in [0.5, 0.6) is 0 Å². The second-order valence-corrected chi connectivity index (χ2v) is 7.47. The third kappa shape index (κ3) is 5.08. The minimum atomic E-state index is 0.274. The second-order valence-electron chi connectivity index (χ2n) is 5.11. The van der Waals surface area contributed by atoms with E-state index in [1.165, 1.54) is 4.88 Å². The monoisotopic (exact) mass is 386 g/mol. The van der Waals surface area contributed by atoms with Crippen LogP contribution in [0.4, 0.5) is 0 Å². The molecule has 1 N–H and O–H groups in total. The quantitative estimate of drug-likeness (QED) is 0.723. The fourth-order valence-electron chi connectivity index (χ4n) is 2.34. The molecule has 0 aliphatic rings. The van der Waals surface area contributed by atoms with Crippen molar-refractivity contribution in [2.45, 2.75) is 19.0 Å². The Kier molecular flexibility index (Phi) is 6.71. The molecule has 1 heterocycles. The van der Waals surface area contributed by atoms with Gasteiger partial charge in [-0.1, -0.05) is 39.7 Å². The first kappa shape index (κ1) is 17.0. The van der Waals surface area contributed by atoms with Crippen molar-refractivity contribution in [3.63, 3.8) is 0 Å². The van der Waals surface area contributed by atoms with Crippen molar-refractivity contribution in [3.8, 4) is 0 Å². The normalized spacial score (nSPS) is 12.8. The standard InChI is InChI=1S/C16H20BrClN2S/c1-19-16(14-6-5-12(17)10-15(14)18)7-8-20(2)11-13-4-3-9-21-13/h3-6,9-10,16,19H,7-8,11H2,1-2H3. The lowest BCUT2D eigenvalue weighted by atomic mass is 10.0. The molecule has 0 saturated heterocycles. The topological polar surface area (TPSA) is 15.3 Å². The number of nitrogens with zero attached hydrogens (tertiary/aromatic N) is 1. The molecule has 5 heteroatoms. The number of rotatable bonds is 7. The van der Waals surface area contributed by atoms with Gasteiger partial charge in [-0.05, 0) is 49.7 Å². The predicted molar refractivity (Wildman–Crippen MR) is 96.2 cm³/mol. The Hall–Kier alpha value is -0.390. The number of nitrogens with one attached hydrogen (secondary N) is 1. The van der Waals surface area contributed by atoms with Crippen LogP contribution < -0.4 is 5.32 Å². The molecule has 0 radical (unpaired) electrons. The van der Waals surface area contributed by atoms with Gasteiger partial charge in [-0.2, -0.15) is 0 Å². The molecular weight excluding hydrogens is 368 g/mol. The molecule has 21 heavy (non-hydrogen) atoms. The molecule has 0 spiro atoms. The maximum Gasteiger partial charge on any atom is 0.0465 e. The summed E-state index contributed by atoms with van der Waals surface area (Å²) >= 11 is 11.6. The first-order valence-corrected chi connectivity index (χ1v) is 8.98. The van der Waals surface area contributed by atoms with Gasteiger partial charge in [0.2, 0.25) is 0 Å². The van der Waals surface area contributed by atoms with E-state index in [4.69, 9.17) is 11.6 Å². The number of halogens is 2. The van der Waals surface area contributed by atoms with Gasteiger partial charge in [0.25, 0.3) is 0 Å². The van der Waals surface area contributed by atoms with Crippen molar-refractivity contribution in [2.75, 3.05) is 20.6 Å². The number of benzene rings is 1. The predicted octanol–water partition coefficient (Wildman–Crippen LogP) is 4.95. The van der Waals surface area contributed by atoms with E-state index < -0.39 is 0 Å². The van der Waals surface area contributed by atoms with E-state index in [0.29, 0.717) is 0 Å².